The molecule has 0 atom stereocenters. The van der Waals surface area contributed by atoms with Crippen molar-refractivity contribution >= 4 is 28.6 Å². The molecule has 18 heavy (non-hydrogen) atoms. The summed E-state index contributed by atoms with van der Waals surface area (Å²) in [6.07, 6.45) is 0. The molecule has 0 aromatic carbocycles. The summed E-state index contributed by atoms with van der Waals surface area (Å²) in [5, 5.41) is 7.31. The van der Waals surface area contributed by atoms with Gasteiger partial charge < -0.3 is 10.1 Å². The van der Waals surface area contributed by atoms with E-state index >= 15 is 0 Å². The maximum Gasteiger partial charge on any atom is 0.319 e. The van der Waals surface area contributed by atoms with E-state index in [-0.39, 0.29) is 12.5 Å². The maximum atomic E-state index is 11.1. The minimum absolute atomic E-state index is 0.201. The molecule has 3 nitrogen and oxygen atoms in total. The van der Waals surface area contributed by atoms with Crippen LogP contribution in [0.15, 0.2) is 29.0 Å². The van der Waals surface area contributed by atoms with Gasteiger partial charge in [-0.15, -0.1) is 22.7 Å². The van der Waals surface area contributed by atoms with Gasteiger partial charge in [-0.3, -0.25) is 4.79 Å². The highest BCUT2D eigenvalue weighted by molar-refractivity contribution is 7.14. The highest BCUT2D eigenvalue weighted by Crippen LogP contribution is 2.29. The molecule has 0 saturated carbocycles. The van der Waals surface area contributed by atoms with Gasteiger partial charge in [0.15, 0.2) is 0 Å². The summed E-state index contributed by atoms with van der Waals surface area (Å²) < 4.78 is 4.85. The third-order valence-electron chi connectivity index (χ3n) is 2.33. The number of hydrogen-bond acceptors (Lipinski definition) is 5. The van der Waals surface area contributed by atoms with E-state index in [0.717, 1.165) is 0 Å². The predicted molar refractivity (Wildman–Crippen MR) is 76.0 cm³/mol. The monoisotopic (exact) mass is 281 g/mol. The van der Waals surface area contributed by atoms with Gasteiger partial charge in [-0.05, 0) is 29.8 Å². The standard InChI is InChI=1S/C13H15NO2S2/c1-2-16-13(15)8-14-7-11-6-10(9-18-11)12-4-3-5-17-12/h3-6,9,14H,2,7-8H2,1H3. The van der Waals surface area contributed by atoms with Gasteiger partial charge in [-0.25, -0.2) is 0 Å². The van der Waals surface area contributed by atoms with Gasteiger partial charge in [-0.1, -0.05) is 6.07 Å². The van der Waals surface area contributed by atoms with Crippen LogP contribution in [0.2, 0.25) is 0 Å². The predicted octanol–water partition coefficient (Wildman–Crippen LogP) is 3.13. The Labute approximate surface area is 114 Å². The summed E-state index contributed by atoms with van der Waals surface area (Å²) in [6, 6.07) is 6.33. The zero-order chi connectivity index (χ0) is 12.8. The highest BCUT2D eigenvalue weighted by Gasteiger charge is 2.04. The first-order valence-corrected chi connectivity index (χ1v) is 7.53. The van der Waals surface area contributed by atoms with Crippen LogP contribution in [0.5, 0.6) is 0 Å². The molecule has 0 fully saturated rings. The smallest absolute Gasteiger partial charge is 0.319 e. The molecular weight excluding hydrogens is 266 g/mol. The number of carbonyl (C=O) groups excluding carboxylic acids is 1. The summed E-state index contributed by atoms with van der Waals surface area (Å²) >= 11 is 3.44. The van der Waals surface area contributed by atoms with Gasteiger partial charge >= 0.3 is 5.97 Å². The molecule has 0 aliphatic carbocycles. The van der Waals surface area contributed by atoms with Crippen LogP contribution in [-0.2, 0) is 16.1 Å². The zero-order valence-corrected chi connectivity index (χ0v) is 11.8. The van der Waals surface area contributed by atoms with Crippen molar-refractivity contribution in [3.63, 3.8) is 0 Å². The van der Waals surface area contributed by atoms with Crippen molar-refractivity contribution in [3.05, 3.63) is 33.8 Å². The second-order valence-corrected chi connectivity index (χ2v) is 5.63. The van der Waals surface area contributed by atoms with Crippen molar-refractivity contribution in [2.45, 2.75) is 13.5 Å². The summed E-state index contributed by atoms with van der Waals surface area (Å²) in [5.74, 6) is -0.201. The van der Waals surface area contributed by atoms with Crippen molar-refractivity contribution < 1.29 is 9.53 Å². The Kier molecular flexibility index (Phi) is 4.92. The van der Waals surface area contributed by atoms with Crippen LogP contribution in [0.1, 0.15) is 11.8 Å². The van der Waals surface area contributed by atoms with E-state index in [1.807, 2.05) is 6.92 Å². The van der Waals surface area contributed by atoms with E-state index in [4.69, 9.17) is 4.74 Å². The number of rotatable bonds is 6. The molecule has 2 aromatic heterocycles. The molecule has 0 bridgehead atoms. The second-order valence-electron chi connectivity index (χ2n) is 3.69. The van der Waals surface area contributed by atoms with Crippen LogP contribution in [0, 0.1) is 0 Å². The molecule has 0 aliphatic heterocycles. The van der Waals surface area contributed by atoms with E-state index in [9.17, 15) is 4.79 Å². The highest BCUT2D eigenvalue weighted by atomic mass is 32.1. The average molecular weight is 281 g/mol. The second kappa shape index (κ2) is 6.68. The van der Waals surface area contributed by atoms with E-state index in [2.05, 4.69) is 34.3 Å². The van der Waals surface area contributed by atoms with Crippen LogP contribution in [0.3, 0.4) is 0 Å². The Morgan fingerprint density at radius 2 is 2.33 bits per heavy atom. The molecule has 2 heterocycles. The lowest BCUT2D eigenvalue weighted by Gasteiger charge is -2.02. The Hall–Kier alpha value is -1.17. The quantitative estimate of drug-likeness (QED) is 0.827. The molecule has 2 rings (SSSR count). The summed E-state index contributed by atoms with van der Waals surface area (Å²) in [4.78, 5) is 13.7. The van der Waals surface area contributed by atoms with Crippen molar-refractivity contribution in [2.75, 3.05) is 13.2 Å². The first kappa shape index (κ1) is 13.3. The Morgan fingerprint density at radius 1 is 1.44 bits per heavy atom. The molecule has 0 amide bonds. The van der Waals surface area contributed by atoms with Gasteiger partial charge in [0.1, 0.15) is 0 Å². The minimum atomic E-state index is -0.201. The van der Waals surface area contributed by atoms with Crippen LogP contribution in [-0.4, -0.2) is 19.1 Å². The topological polar surface area (TPSA) is 38.3 Å². The molecule has 96 valence electrons. The zero-order valence-electron chi connectivity index (χ0n) is 10.1. The van der Waals surface area contributed by atoms with Crippen molar-refractivity contribution in [1.82, 2.24) is 5.32 Å². The third-order valence-corrected chi connectivity index (χ3v) is 4.19. The molecule has 1 N–H and O–H groups in total. The maximum absolute atomic E-state index is 11.1. The molecule has 0 radical (unpaired) electrons. The number of thiophene rings is 2. The molecule has 0 spiro atoms. The lowest BCUT2D eigenvalue weighted by atomic mass is 10.2. The van der Waals surface area contributed by atoms with Crippen molar-refractivity contribution in [1.29, 1.82) is 0 Å². The van der Waals surface area contributed by atoms with Gasteiger partial charge in [-0.2, -0.15) is 0 Å². The Balaban J connectivity index is 1.82. The lowest BCUT2D eigenvalue weighted by Crippen LogP contribution is -2.23. The molecule has 2 aromatic rings. The number of nitrogens with one attached hydrogen (secondary N) is 1. The minimum Gasteiger partial charge on any atom is -0.465 e. The van der Waals surface area contributed by atoms with Gasteiger partial charge in [0, 0.05) is 21.9 Å². The molecular formula is C13H15NO2S2. The molecule has 0 aliphatic rings. The first-order chi connectivity index (χ1) is 8.79. The van der Waals surface area contributed by atoms with Crippen LogP contribution in [0.25, 0.3) is 10.4 Å². The van der Waals surface area contributed by atoms with Gasteiger partial charge in [0.25, 0.3) is 0 Å². The summed E-state index contributed by atoms with van der Waals surface area (Å²) in [7, 11) is 0. The fourth-order valence-corrected chi connectivity index (χ4v) is 3.19. The molecule has 5 heteroatoms. The lowest BCUT2D eigenvalue weighted by molar-refractivity contribution is -0.142. The molecule has 0 saturated heterocycles. The van der Waals surface area contributed by atoms with Crippen molar-refractivity contribution in [3.8, 4) is 10.4 Å². The fraction of sp³-hybridized carbons (Fsp3) is 0.308. The van der Waals surface area contributed by atoms with E-state index in [0.29, 0.717) is 13.2 Å². The number of esters is 1. The van der Waals surface area contributed by atoms with Crippen LogP contribution in [0.4, 0.5) is 0 Å². The van der Waals surface area contributed by atoms with Crippen LogP contribution >= 0.6 is 22.7 Å². The SMILES string of the molecule is CCOC(=O)CNCc1cc(-c2cccs2)cs1. The summed E-state index contributed by atoms with van der Waals surface area (Å²) in [6.45, 7) is 3.21. The number of ether oxygens (including phenoxy) is 1. The van der Waals surface area contributed by atoms with Gasteiger partial charge in [0.05, 0.1) is 13.2 Å². The normalized spacial score (nSPS) is 10.5. The fourth-order valence-electron chi connectivity index (χ4n) is 1.55. The molecule has 0 unspecified atom stereocenters. The summed E-state index contributed by atoms with van der Waals surface area (Å²) in [5.41, 5.74) is 1.25. The van der Waals surface area contributed by atoms with Crippen LogP contribution < -0.4 is 5.32 Å². The first-order valence-electron chi connectivity index (χ1n) is 5.77. The number of carbonyl (C=O) groups is 1. The van der Waals surface area contributed by atoms with E-state index in [1.54, 1.807) is 22.7 Å². The van der Waals surface area contributed by atoms with Crippen molar-refractivity contribution in [2.24, 2.45) is 0 Å². The third kappa shape index (κ3) is 3.66. The largest absolute Gasteiger partial charge is 0.465 e. The average Bonchev–Trinajstić information content (AvgIpc) is 2.99. The van der Waals surface area contributed by atoms with E-state index in [1.165, 1.54) is 15.3 Å². The Bertz CT molecular complexity index is 491. The number of hydrogen-bond donors (Lipinski definition) is 1. The Morgan fingerprint density at radius 3 is 3.06 bits per heavy atom. The van der Waals surface area contributed by atoms with Gasteiger partial charge in [0.2, 0.25) is 0 Å². The van der Waals surface area contributed by atoms with E-state index < -0.39 is 0 Å².